The van der Waals surface area contributed by atoms with Crippen LogP contribution >= 0.6 is 0 Å². The summed E-state index contributed by atoms with van der Waals surface area (Å²) in [4.78, 5) is 27.2. The Morgan fingerprint density at radius 2 is 1.89 bits per heavy atom. The van der Waals surface area contributed by atoms with Crippen LogP contribution in [0, 0.1) is 12.8 Å². The summed E-state index contributed by atoms with van der Waals surface area (Å²) in [5, 5.41) is 11.0. The zero-order valence-electron chi connectivity index (χ0n) is 15.9. The number of aryl methyl sites for hydroxylation is 1. The van der Waals surface area contributed by atoms with Crippen molar-refractivity contribution in [3.05, 3.63) is 65.4 Å². The molecule has 0 aliphatic carbocycles. The maximum atomic E-state index is 12.9. The number of H-pyrrole nitrogens is 1. The molecule has 0 spiro atoms. The molecule has 0 bridgehead atoms. The summed E-state index contributed by atoms with van der Waals surface area (Å²) in [5.41, 5.74) is 3.51. The van der Waals surface area contributed by atoms with Gasteiger partial charge < -0.3 is 10.2 Å². The van der Waals surface area contributed by atoms with Gasteiger partial charge in [0.15, 0.2) is 5.69 Å². The quantitative estimate of drug-likeness (QED) is 0.735. The van der Waals surface area contributed by atoms with E-state index < -0.39 is 0 Å². The van der Waals surface area contributed by atoms with E-state index in [9.17, 15) is 9.59 Å². The summed E-state index contributed by atoms with van der Waals surface area (Å²) < 4.78 is 0. The third kappa shape index (κ3) is 3.76. The van der Waals surface area contributed by atoms with E-state index in [2.05, 4.69) is 15.5 Å². The zero-order chi connectivity index (χ0) is 19.5. The number of aromatic amines is 1. The minimum Gasteiger partial charge on any atom is -0.352 e. The summed E-state index contributed by atoms with van der Waals surface area (Å²) in [6.07, 6.45) is 1.35. The van der Waals surface area contributed by atoms with Gasteiger partial charge in [0, 0.05) is 30.9 Å². The van der Waals surface area contributed by atoms with Crippen LogP contribution in [0.5, 0.6) is 0 Å². The molecule has 2 N–H and O–H groups in total. The van der Waals surface area contributed by atoms with Gasteiger partial charge in [-0.2, -0.15) is 5.10 Å². The molecule has 1 saturated heterocycles. The molecule has 2 aromatic carbocycles. The number of hydrogen-bond donors (Lipinski definition) is 2. The summed E-state index contributed by atoms with van der Waals surface area (Å²) in [7, 11) is 0. The number of carbonyl (C=O) groups is 2. The Morgan fingerprint density at radius 3 is 2.64 bits per heavy atom. The molecule has 1 aliphatic heterocycles. The highest BCUT2D eigenvalue weighted by molar-refractivity contribution is 6.04. The number of amides is 2. The molecule has 1 aliphatic rings. The molecule has 0 unspecified atom stereocenters. The second-order valence-electron chi connectivity index (χ2n) is 7.39. The maximum Gasteiger partial charge on any atom is 0.274 e. The zero-order valence-corrected chi connectivity index (χ0v) is 15.9. The van der Waals surface area contributed by atoms with Gasteiger partial charge in [0.05, 0.1) is 5.52 Å². The molecular formula is C22H24N4O2. The number of aromatic nitrogens is 2. The van der Waals surface area contributed by atoms with Gasteiger partial charge in [-0.05, 0) is 37.5 Å². The summed E-state index contributed by atoms with van der Waals surface area (Å²) in [6, 6.07) is 15.8. The first-order valence-corrected chi connectivity index (χ1v) is 9.67. The smallest absolute Gasteiger partial charge is 0.274 e. The predicted octanol–water partition coefficient (Wildman–Crippen LogP) is 3.04. The van der Waals surface area contributed by atoms with Gasteiger partial charge in [-0.15, -0.1) is 0 Å². The molecule has 28 heavy (non-hydrogen) atoms. The van der Waals surface area contributed by atoms with Crippen molar-refractivity contribution < 1.29 is 9.59 Å². The standard InChI is InChI=1S/C22H24N4O2/c1-15-7-8-19-18(13-15)20(25-24-19)22(28)26-11-9-17(10-12-26)21(27)23-14-16-5-3-2-4-6-16/h2-8,13,17H,9-12,14H2,1H3,(H,23,27)(H,24,25). The summed E-state index contributed by atoms with van der Waals surface area (Å²) >= 11 is 0. The van der Waals surface area contributed by atoms with Gasteiger partial charge in [-0.25, -0.2) is 0 Å². The fraction of sp³-hybridized carbons (Fsp3) is 0.318. The lowest BCUT2D eigenvalue weighted by atomic mass is 9.95. The highest BCUT2D eigenvalue weighted by atomic mass is 16.2. The van der Waals surface area contributed by atoms with Crippen LogP contribution in [-0.2, 0) is 11.3 Å². The Balaban J connectivity index is 1.35. The first-order chi connectivity index (χ1) is 13.6. The summed E-state index contributed by atoms with van der Waals surface area (Å²) in [6.45, 7) is 3.68. The van der Waals surface area contributed by atoms with Crippen molar-refractivity contribution in [3.63, 3.8) is 0 Å². The number of hydrogen-bond acceptors (Lipinski definition) is 3. The van der Waals surface area contributed by atoms with Gasteiger partial charge in [0.2, 0.25) is 5.91 Å². The van der Waals surface area contributed by atoms with Crippen molar-refractivity contribution in [1.82, 2.24) is 20.4 Å². The second kappa shape index (κ2) is 7.84. The Labute approximate surface area is 163 Å². The average Bonchev–Trinajstić information content (AvgIpc) is 3.15. The van der Waals surface area contributed by atoms with Crippen LogP contribution < -0.4 is 5.32 Å². The van der Waals surface area contributed by atoms with E-state index in [1.807, 2.05) is 55.5 Å². The van der Waals surface area contributed by atoms with Crippen LogP contribution in [0.3, 0.4) is 0 Å². The lowest BCUT2D eigenvalue weighted by Gasteiger charge is -2.31. The number of nitrogens with one attached hydrogen (secondary N) is 2. The Hall–Kier alpha value is -3.15. The number of fused-ring (bicyclic) bond motifs is 1. The van der Waals surface area contributed by atoms with E-state index in [-0.39, 0.29) is 17.7 Å². The Morgan fingerprint density at radius 1 is 1.14 bits per heavy atom. The molecule has 144 valence electrons. The number of carbonyl (C=O) groups excluding carboxylic acids is 2. The topological polar surface area (TPSA) is 78.1 Å². The molecule has 3 aromatic rings. The average molecular weight is 376 g/mol. The van der Waals surface area contributed by atoms with Crippen LogP contribution in [0.25, 0.3) is 10.9 Å². The van der Waals surface area contributed by atoms with E-state index in [0.29, 0.717) is 38.2 Å². The lowest BCUT2D eigenvalue weighted by Crippen LogP contribution is -2.43. The van der Waals surface area contributed by atoms with Gasteiger partial charge in [-0.3, -0.25) is 14.7 Å². The normalized spacial score (nSPS) is 15.0. The summed E-state index contributed by atoms with van der Waals surface area (Å²) in [5.74, 6) is -0.0530. The minimum absolute atomic E-state index is 0.0501. The molecule has 6 heteroatoms. The number of likely N-dealkylation sites (tertiary alicyclic amines) is 1. The predicted molar refractivity (Wildman–Crippen MR) is 108 cm³/mol. The SMILES string of the molecule is Cc1ccc2[nH]nc(C(=O)N3CCC(C(=O)NCc4ccccc4)CC3)c2c1. The molecule has 0 radical (unpaired) electrons. The van der Waals surface area contributed by atoms with Crippen molar-refractivity contribution in [2.45, 2.75) is 26.3 Å². The monoisotopic (exact) mass is 376 g/mol. The highest BCUT2D eigenvalue weighted by Gasteiger charge is 2.29. The fourth-order valence-corrected chi connectivity index (χ4v) is 3.71. The van der Waals surface area contributed by atoms with Gasteiger partial charge in [0.25, 0.3) is 5.91 Å². The molecule has 2 heterocycles. The Kier molecular flexibility index (Phi) is 5.10. The number of benzene rings is 2. The number of rotatable bonds is 4. The lowest BCUT2D eigenvalue weighted by molar-refractivity contribution is -0.126. The molecule has 0 atom stereocenters. The van der Waals surface area contributed by atoms with E-state index in [1.165, 1.54) is 0 Å². The van der Waals surface area contributed by atoms with Crippen molar-refractivity contribution in [3.8, 4) is 0 Å². The molecule has 6 nitrogen and oxygen atoms in total. The first-order valence-electron chi connectivity index (χ1n) is 9.67. The molecule has 1 fully saturated rings. The van der Waals surface area contributed by atoms with E-state index in [4.69, 9.17) is 0 Å². The third-order valence-corrected chi connectivity index (χ3v) is 5.38. The highest BCUT2D eigenvalue weighted by Crippen LogP contribution is 2.23. The maximum absolute atomic E-state index is 12.9. The van der Waals surface area contributed by atoms with Crippen LogP contribution in [0.2, 0.25) is 0 Å². The van der Waals surface area contributed by atoms with Crippen LogP contribution in [0.1, 0.15) is 34.5 Å². The molecule has 4 rings (SSSR count). The van der Waals surface area contributed by atoms with Crippen molar-refractivity contribution in [2.75, 3.05) is 13.1 Å². The molecule has 1 aromatic heterocycles. The van der Waals surface area contributed by atoms with Crippen LogP contribution in [-0.4, -0.2) is 40.0 Å². The molecule has 2 amide bonds. The number of nitrogens with zero attached hydrogens (tertiary/aromatic N) is 2. The van der Waals surface area contributed by atoms with Crippen LogP contribution in [0.15, 0.2) is 48.5 Å². The molecular weight excluding hydrogens is 352 g/mol. The van der Waals surface area contributed by atoms with Gasteiger partial charge >= 0.3 is 0 Å². The fourth-order valence-electron chi connectivity index (χ4n) is 3.71. The number of piperidine rings is 1. The van der Waals surface area contributed by atoms with E-state index >= 15 is 0 Å². The van der Waals surface area contributed by atoms with Crippen molar-refractivity contribution in [1.29, 1.82) is 0 Å². The van der Waals surface area contributed by atoms with Gasteiger partial charge in [0.1, 0.15) is 0 Å². The molecule has 0 saturated carbocycles. The largest absolute Gasteiger partial charge is 0.352 e. The second-order valence-corrected chi connectivity index (χ2v) is 7.39. The first kappa shape index (κ1) is 18.2. The third-order valence-electron chi connectivity index (χ3n) is 5.38. The Bertz CT molecular complexity index is 988. The van der Waals surface area contributed by atoms with Crippen molar-refractivity contribution >= 4 is 22.7 Å². The van der Waals surface area contributed by atoms with Crippen LogP contribution in [0.4, 0.5) is 0 Å². The van der Waals surface area contributed by atoms with E-state index in [0.717, 1.165) is 22.0 Å². The van der Waals surface area contributed by atoms with Crippen molar-refractivity contribution in [2.24, 2.45) is 5.92 Å². The van der Waals surface area contributed by atoms with Gasteiger partial charge in [-0.1, -0.05) is 42.0 Å². The minimum atomic E-state index is -0.0695. The van der Waals surface area contributed by atoms with E-state index in [1.54, 1.807) is 4.90 Å².